The molecule has 7 nitrogen and oxygen atoms in total. The number of nitrogens with zero attached hydrogens (tertiary/aromatic N) is 3. The van der Waals surface area contributed by atoms with Gasteiger partial charge in [0.1, 0.15) is 12.4 Å². The van der Waals surface area contributed by atoms with E-state index in [4.69, 9.17) is 4.74 Å². The van der Waals surface area contributed by atoms with E-state index in [0.717, 1.165) is 68.4 Å². The molecule has 0 spiro atoms. The number of likely N-dealkylation sites (N-methyl/N-ethyl adjacent to an activating group) is 1. The fourth-order valence-electron chi connectivity index (χ4n) is 4.50. The van der Waals surface area contributed by atoms with E-state index in [1.807, 2.05) is 35.4 Å². The second-order valence-corrected chi connectivity index (χ2v) is 9.98. The van der Waals surface area contributed by atoms with Gasteiger partial charge >= 0.3 is 0 Å². The normalized spacial score (nSPS) is 19.2. The van der Waals surface area contributed by atoms with Crippen molar-refractivity contribution in [3.63, 3.8) is 0 Å². The number of piperazine rings is 1. The molecule has 2 aromatic rings. The van der Waals surface area contributed by atoms with Crippen LogP contribution in [-0.4, -0.2) is 85.5 Å². The van der Waals surface area contributed by atoms with Gasteiger partial charge in [-0.25, -0.2) is 0 Å². The second-order valence-electron chi connectivity index (χ2n) is 9.06. The summed E-state index contributed by atoms with van der Waals surface area (Å²) in [6, 6.07) is 10.5. The Morgan fingerprint density at radius 2 is 2.06 bits per heavy atom. The van der Waals surface area contributed by atoms with E-state index in [2.05, 4.69) is 34.3 Å². The fraction of sp³-hybridized carbons (Fsp3) is 0.520. The van der Waals surface area contributed by atoms with Gasteiger partial charge in [-0.1, -0.05) is 12.1 Å². The van der Waals surface area contributed by atoms with Crippen molar-refractivity contribution in [3.05, 3.63) is 51.7 Å². The average molecular weight is 471 g/mol. The molecule has 0 aliphatic carbocycles. The minimum atomic E-state index is 0.161. The zero-order valence-corrected chi connectivity index (χ0v) is 20.4. The van der Waals surface area contributed by atoms with Gasteiger partial charge in [-0.2, -0.15) is 0 Å². The number of carbonyl (C=O) groups excluding carboxylic acids is 2. The number of hydrogen-bond acceptors (Lipinski definition) is 6. The molecule has 4 rings (SSSR count). The lowest BCUT2D eigenvalue weighted by atomic mass is 10.1. The van der Waals surface area contributed by atoms with Crippen LogP contribution < -0.4 is 10.1 Å². The minimum absolute atomic E-state index is 0.161. The molecule has 2 aliphatic rings. The molecular formula is C25H34N4O3S. The molecule has 3 heterocycles. The van der Waals surface area contributed by atoms with Gasteiger partial charge in [-0.05, 0) is 55.1 Å². The van der Waals surface area contributed by atoms with E-state index in [0.29, 0.717) is 13.0 Å². The van der Waals surface area contributed by atoms with Crippen molar-refractivity contribution < 1.29 is 14.3 Å². The molecule has 33 heavy (non-hydrogen) atoms. The highest BCUT2D eigenvalue weighted by atomic mass is 32.1. The van der Waals surface area contributed by atoms with Crippen LogP contribution in [-0.2, 0) is 11.3 Å². The van der Waals surface area contributed by atoms with Gasteiger partial charge in [0.05, 0.1) is 4.88 Å². The summed E-state index contributed by atoms with van der Waals surface area (Å²) in [4.78, 5) is 31.5. The SMILES string of the molecule is Cc1ccsc1C(=O)N1CCN(CCOc2cccc(CN(C)C[C@@H]3CCC(=O)N3)c2)CC1. The lowest BCUT2D eigenvalue weighted by Crippen LogP contribution is -2.49. The van der Waals surface area contributed by atoms with Crippen LogP contribution in [0.4, 0.5) is 0 Å². The van der Waals surface area contributed by atoms with E-state index in [1.54, 1.807) is 0 Å². The van der Waals surface area contributed by atoms with Crippen molar-refractivity contribution in [1.29, 1.82) is 0 Å². The van der Waals surface area contributed by atoms with Crippen molar-refractivity contribution >= 4 is 23.2 Å². The molecule has 1 aromatic heterocycles. The second kappa shape index (κ2) is 11.1. The largest absolute Gasteiger partial charge is 0.492 e. The third-order valence-electron chi connectivity index (χ3n) is 6.36. The Balaban J connectivity index is 1.17. The maximum atomic E-state index is 12.7. The Morgan fingerprint density at radius 3 is 2.76 bits per heavy atom. The number of nitrogens with one attached hydrogen (secondary N) is 1. The number of thiophene rings is 1. The molecule has 8 heteroatoms. The average Bonchev–Trinajstić information content (AvgIpc) is 3.41. The molecule has 178 valence electrons. The summed E-state index contributed by atoms with van der Waals surface area (Å²) >= 11 is 1.53. The minimum Gasteiger partial charge on any atom is -0.492 e. The highest BCUT2D eigenvalue weighted by Crippen LogP contribution is 2.19. The zero-order valence-electron chi connectivity index (χ0n) is 19.6. The first kappa shape index (κ1) is 23.7. The maximum Gasteiger partial charge on any atom is 0.264 e. The first-order valence-corrected chi connectivity index (χ1v) is 12.6. The third-order valence-corrected chi connectivity index (χ3v) is 7.36. The molecule has 0 saturated carbocycles. The molecule has 0 unspecified atom stereocenters. The topological polar surface area (TPSA) is 65.1 Å². The summed E-state index contributed by atoms with van der Waals surface area (Å²) in [5.74, 6) is 1.21. The first-order valence-electron chi connectivity index (χ1n) is 11.7. The van der Waals surface area contributed by atoms with Gasteiger partial charge in [0, 0.05) is 58.3 Å². The number of carbonyl (C=O) groups is 2. The molecule has 2 amide bonds. The number of hydrogen-bond donors (Lipinski definition) is 1. The lowest BCUT2D eigenvalue weighted by Gasteiger charge is -2.34. The van der Waals surface area contributed by atoms with E-state index in [9.17, 15) is 9.59 Å². The van der Waals surface area contributed by atoms with Crippen LogP contribution in [0.2, 0.25) is 0 Å². The van der Waals surface area contributed by atoms with Crippen molar-refractivity contribution in [2.24, 2.45) is 0 Å². The van der Waals surface area contributed by atoms with Gasteiger partial charge in [-0.15, -0.1) is 11.3 Å². The van der Waals surface area contributed by atoms with Gasteiger partial charge in [0.15, 0.2) is 0 Å². The molecule has 2 saturated heterocycles. The summed E-state index contributed by atoms with van der Waals surface area (Å²) in [6.07, 6.45) is 1.56. The Bertz CT molecular complexity index is 955. The zero-order chi connectivity index (χ0) is 23.2. The summed E-state index contributed by atoms with van der Waals surface area (Å²) < 4.78 is 6.03. The summed E-state index contributed by atoms with van der Waals surface area (Å²) in [6.45, 7) is 8.44. The van der Waals surface area contributed by atoms with Crippen LogP contribution in [0, 0.1) is 6.92 Å². The van der Waals surface area contributed by atoms with Crippen molar-refractivity contribution in [3.8, 4) is 5.75 Å². The molecular weight excluding hydrogens is 436 g/mol. The Morgan fingerprint density at radius 1 is 1.24 bits per heavy atom. The molecule has 1 aromatic carbocycles. The molecule has 1 atom stereocenters. The summed E-state index contributed by atoms with van der Waals surface area (Å²) in [5.41, 5.74) is 2.27. The van der Waals surface area contributed by atoms with E-state index >= 15 is 0 Å². The van der Waals surface area contributed by atoms with Gasteiger partial charge in [0.2, 0.25) is 5.91 Å². The number of amides is 2. The lowest BCUT2D eigenvalue weighted by molar-refractivity contribution is -0.119. The monoisotopic (exact) mass is 470 g/mol. The number of aryl methyl sites for hydroxylation is 1. The molecule has 2 fully saturated rings. The fourth-order valence-corrected chi connectivity index (χ4v) is 5.40. The van der Waals surface area contributed by atoms with E-state index < -0.39 is 0 Å². The highest BCUT2D eigenvalue weighted by Gasteiger charge is 2.24. The van der Waals surface area contributed by atoms with Crippen molar-refractivity contribution in [2.75, 3.05) is 52.9 Å². The van der Waals surface area contributed by atoms with E-state index in [1.165, 1.54) is 16.9 Å². The quantitative estimate of drug-likeness (QED) is 0.610. The number of ether oxygens (including phenoxy) is 1. The molecule has 0 radical (unpaired) electrons. The van der Waals surface area contributed by atoms with Gasteiger partial charge in [0.25, 0.3) is 5.91 Å². The van der Waals surface area contributed by atoms with Crippen LogP contribution in [0.5, 0.6) is 5.75 Å². The standard InChI is InChI=1S/C25H34N4O3S/c1-19-8-15-33-24(19)25(31)29-11-9-28(10-12-29)13-14-32-22-5-3-4-20(16-22)17-27(2)18-21-6-7-23(30)26-21/h3-5,8,15-16,21H,6-7,9-14,17-18H2,1-2H3,(H,26,30)/t21-/m0/s1. The highest BCUT2D eigenvalue weighted by molar-refractivity contribution is 7.12. The Labute approximate surface area is 200 Å². The summed E-state index contributed by atoms with van der Waals surface area (Å²) in [7, 11) is 2.09. The first-order chi connectivity index (χ1) is 16.0. The predicted octanol–water partition coefficient (Wildman–Crippen LogP) is 2.60. The van der Waals surface area contributed by atoms with Gasteiger partial charge < -0.3 is 19.9 Å². The van der Waals surface area contributed by atoms with Crippen LogP contribution in [0.15, 0.2) is 35.7 Å². The smallest absolute Gasteiger partial charge is 0.264 e. The van der Waals surface area contributed by atoms with Crippen LogP contribution >= 0.6 is 11.3 Å². The number of rotatable bonds is 9. The van der Waals surface area contributed by atoms with E-state index in [-0.39, 0.29) is 17.9 Å². The van der Waals surface area contributed by atoms with Gasteiger partial charge in [-0.3, -0.25) is 14.5 Å². The Hall–Kier alpha value is -2.42. The number of benzene rings is 1. The summed E-state index contributed by atoms with van der Waals surface area (Å²) in [5, 5.41) is 5.01. The Kier molecular flexibility index (Phi) is 8.01. The predicted molar refractivity (Wildman–Crippen MR) is 131 cm³/mol. The molecule has 2 aliphatic heterocycles. The van der Waals surface area contributed by atoms with Crippen LogP contribution in [0.3, 0.4) is 0 Å². The van der Waals surface area contributed by atoms with Crippen molar-refractivity contribution in [1.82, 2.24) is 20.0 Å². The molecule has 0 bridgehead atoms. The third kappa shape index (κ3) is 6.56. The molecule has 1 N–H and O–H groups in total. The van der Waals surface area contributed by atoms with Crippen molar-refractivity contribution in [2.45, 2.75) is 32.4 Å². The van der Waals surface area contributed by atoms with Crippen LogP contribution in [0.25, 0.3) is 0 Å². The maximum absolute atomic E-state index is 12.7. The van der Waals surface area contributed by atoms with Crippen LogP contribution in [0.1, 0.15) is 33.6 Å².